The summed E-state index contributed by atoms with van der Waals surface area (Å²) in [5, 5.41) is 9.97. The van der Waals surface area contributed by atoms with Gasteiger partial charge in [0.2, 0.25) is 0 Å². The molecule has 0 aliphatic heterocycles. The van der Waals surface area contributed by atoms with Crippen LogP contribution in [0.3, 0.4) is 0 Å². The second-order valence-electron chi connectivity index (χ2n) is 5.92. The van der Waals surface area contributed by atoms with E-state index in [2.05, 4.69) is 20.4 Å². The molecular formula is C17H12F3N5OS2. The largest absolute Gasteiger partial charge is 0.434 e. The summed E-state index contributed by atoms with van der Waals surface area (Å²) >= 11 is 2.30. The van der Waals surface area contributed by atoms with E-state index in [-0.39, 0.29) is 10.7 Å². The molecule has 0 aliphatic carbocycles. The first-order valence-corrected chi connectivity index (χ1v) is 9.77. The van der Waals surface area contributed by atoms with E-state index in [0.717, 1.165) is 21.6 Å². The third-order valence-corrected chi connectivity index (χ3v) is 5.50. The van der Waals surface area contributed by atoms with Crippen LogP contribution in [0.2, 0.25) is 0 Å². The molecule has 0 saturated heterocycles. The van der Waals surface area contributed by atoms with Crippen molar-refractivity contribution < 1.29 is 18.0 Å². The van der Waals surface area contributed by atoms with Gasteiger partial charge in [-0.25, -0.2) is 14.6 Å². The fourth-order valence-electron chi connectivity index (χ4n) is 2.65. The maximum absolute atomic E-state index is 12.7. The van der Waals surface area contributed by atoms with Crippen LogP contribution >= 0.6 is 22.7 Å². The van der Waals surface area contributed by atoms with E-state index in [4.69, 9.17) is 0 Å². The molecule has 144 valence electrons. The van der Waals surface area contributed by atoms with E-state index >= 15 is 0 Å². The number of thiophene rings is 1. The number of rotatable bonds is 4. The molecule has 0 radical (unpaired) electrons. The summed E-state index contributed by atoms with van der Waals surface area (Å²) in [6, 6.07) is 5.49. The second kappa shape index (κ2) is 6.99. The van der Waals surface area contributed by atoms with Crippen LogP contribution in [-0.2, 0) is 12.7 Å². The lowest BCUT2D eigenvalue weighted by Gasteiger charge is -2.06. The minimum atomic E-state index is -4.55. The van der Waals surface area contributed by atoms with Crippen molar-refractivity contribution in [3.63, 3.8) is 0 Å². The zero-order valence-corrected chi connectivity index (χ0v) is 16.0. The molecule has 0 atom stereocenters. The second-order valence-corrected chi connectivity index (χ2v) is 7.81. The molecule has 11 heteroatoms. The molecule has 0 fully saturated rings. The van der Waals surface area contributed by atoms with Crippen molar-refractivity contribution in [2.45, 2.75) is 19.6 Å². The topological polar surface area (TPSA) is 72.7 Å². The minimum Gasteiger partial charge on any atom is -0.298 e. The molecule has 0 aromatic carbocycles. The molecule has 1 N–H and O–H groups in total. The molecule has 0 spiro atoms. The molecular weight excluding hydrogens is 411 g/mol. The van der Waals surface area contributed by atoms with Crippen molar-refractivity contribution in [1.29, 1.82) is 0 Å². The van der Waals surface area contributed by atoms with E-state index in [9.17, 15) is 18.0 Å². The summed E-state index contributed by atoms with van der Waals surface area (Å²) in [5.41, 5.74) is 0.380. The molecule has 28 heavy (non-hydrogen) atoms. The Balaban J connectivity index is 1.65. The number of hydrogen-bond donors (Lipinski definition) is 1. The van der Waals surface area contributed by atoms with Gasteiger partial charge in [0.25, 0.3) is 5.91 Å². The number of nitrogens with one attached hydrogen (secondary N) is 1. The average Bonchev–Trinajstić information content (AvgIpc) is 3.36. The Morgan fingerprint density at radius 2 is 2.11 bits per heavy atom. The Bertz CT molecular complexity index is 1150. The van der Waals surface area contributed by atoms with Crippen LogP contribution < -0.4 is 5.32 Å². The third kappa shape index (κ3) is 3.62. The van der Waals surface area contributed by atoms with Crippen LogP contribution in [0.4, 0.5) is 18.3 Å². The SMILES string of the molecule is Cc1cc(C(=O)Nc2nc(C(F)(F)F)cs2)c2cnn(Cc3cccs3)c2n1. The first kappa shape index (κ1) is 18.6. The van der Waals surface area contributed by atoms with Crippen LogP contribution in [0.5, 0.6) is 0 Å². The maximum atomic E-state index is 12.7. The highest BCUT2D eigenvalue weighted by Gasteiger charge is 2.34. The molecule has 4 heterocycles. The zero-order valence-electron chi connectivity index (χ0n) is 14.3. The van der Waals surface area contributed by atoms with Crippen molar-refractivity contribution >= 4 is 44.7 Å². The molecule has 6 nitrogen and oxygen atoms in total. The number of fused-ring (bicyclic) bond motifs is 1. The number of pyridine rings is 1. The van der Waals surface area contributed by atoms with Gasteiger partial charge in [0, 0.05) is 16.0 Å². The first-order chi connectivity index (χ1) is 13.3. The molecule has 1 amide bonds. The number of halogens is 3. The Hall–Kier alpha value is -2.79. The number of anilines is 1. The lowest BCUT2D eigenvalue weighted by atomic mass is 10.1. The highest BCUT2D eigenvalue weighted by atomic mass is 32.1. The highest BCUT2D eigenvalue weighted by molar-refractivity contribution is 7.14. The number of thiazole rings is 1. The van der Waals surface area contributed by atoms with Crippen LogP contribution in [0.25, 0.3) is 11.0 Å². The van der Waals surface area contributed by atoms with Gasteiger partial charge in [-0.2, -0.15) is 18.3 Å². The standard InChI is InChI=1S/C17H12F3N5OS2/c1-9-5-11(15(26)24-16-23-13(8-28-16)17(18,19)20)12-6-21-25(14(12)22-9)7-10-3-2-4-27-10/h2-6,8H,7H2,1H3,(H,23,24,26). The van der Waals surface area contributed by atoms with Crippen LogP contribution in [-0.4, -0.2) is 25.7 Å². The van der Waals surface area contributed by atoms with E-state index in [0.29, 0.717) is 23.3 Å². The number of carbonyl (C=O) groups excluding carboxylic acids is 1. The summed E-state index contributed by atoms with van der Waals surface area (Å²) in [7, 11) is 0. The first-order valence-electron chi connectivity index (χ1n) is 8.01. The van der Waals surface area contributed by atoms with Crippen molar-refractivity contribution in [3.8, 4) is 0 Å². The van der Waals surface area contributed by atoms with Gasteiger partial charge in [-0.1, -0.05) is 6.07 Å². The zero-order chi connectivity index (χ0) is 19.9. The minimum absolute atomic E-state index is 0.120. The lowest BCUT2D eigenvalue weighted by Crippen LogP contribution is -2.14. The Labute approximate surface area is 164 Å². The number of aromatic nitrogens is 4. The monoisotopic (exact) mass is 423 g/mol. The number of amides is 1. The van der Waals surface area contributed by atoms with Crippen LogP contribution in [0.1, 0.15) is 26.6 Å². The number of nitrogens with zero attached hydrogens (tertiary/aromatic N) is 4. The van der Waals surface area contributed by atoms with Gasteiger partial charge >= 0.3 is 6.18 Å². The molecule has 0 saturated carbocycles. The van der Waals surface area contributed by atoms with Gasteiger partial charge in [-0.05, 0) is 24.4 Å². The van der Waals surface area contributed by atoms with Gasteiger partial charge in [0.15, 0.2) is 16.5 Å². The molecule has 4 aromatic heterocycles. The summed E-state index contributed by atoms with van der Waals surface area (Å²) in [6.07, 6.45) is -3.02. The molecule has 0 unspecified atom stereocenters. The van der Waals surface area contributed by atoms with Gasteiger partial charge in [0.1, 0.15) is 0 Å². The van der Waals surface area contributed by atoms with Gasteiger partial charge < -0.3 is 0 Å². The number of hydrogen-bond acceptors (Lipinski definition) is 6. The van der Waals surface area contributed by atoms with E-state index in [1.54, 1.807) is 29.0 Å². The normalized spacial score (nSPS) is 11.9. The fraction of sp³-hybridized carbons (Fsp3) is 0.176. The number of carbonyl (C=O) groups is 1. The van der Waals surface area contributed by atoms with E-state index < -0.39 is 17.8 Å². The Kier molecular flexibility index (Phi) is 4.63. The highest BCUT2D eigenvalue weighted by Crippen LogP contribution is 2.32. The summed E-state index contributed by atoms with van der Waals surface area (Å²) in [4.78, 5) is 21.7. The Morgan fingerprint density at radius 3 is 2.79 bits per heavy atom. The maximum Gasteiger partial charge on any atom is 0.434 e. The number of alkyl halides is 3. The fourth-order valence-corrected chi connectivity index (χ4v) is 4.05. The van der Waals surface area contributed by atoms with E-state index in [1.807, 2.05) is 17.5 Å². The summed E-state index contributed by atoms with van der Waals surface area (Å²) < 4.78 is 39.8. The van der Waals surface area contributed by atoms with E-state index in [1.165, 1.54) is 6.20 Å². The van der Waals surface area contributed by atoms with Crippen molar-refractivity contribution in [3.05, 3.63) is 57.0 Å². The molecule has 0 bridgehead atoms. The average molecular weight is 423 g/mol. The van der Waals surface area contributed by atoms with Crippen LogP contribution in [0, 0.1) is 6.92 Å². The Morgan fingerprint density at radius 1 is 1.29 bits per heavy atom. The summed E-state index contributed by atoms with van der Waals surface area (Å²) in [6.45, 7) is 2.25. The van der Waals surface area contributed by atoms with Gasteiger partial charge in [-0.3, -0.25) is 10.1 Å². The smallest absolute Gasteiger partial charge is 0.298 e. The van der Waals surface area contributed by atoms with Gasteiger partial charge in [-0.15, -0.1) is 22.7 Å². The van der Waals surface area contributed by atoms with Crippen LogP contribution in [0.15, 0.2) is 35.2 Å². The predicted molar refractivity (Wildman–Crippen MR) is 101 cm³/mol. The molecule has 4 aromatic rings. The third-order valence-electron chi connectivity index (χ3n) is 3.88. The molecule has 0 aliphatic rings. The van der Waals surface area contributed by atoms with Crippen molar-refractivity contribution in [2.75, 3.05) is 5.32 Å². The number of aryl methyl sites for hydroxylation is 1. The predicted octanol–water partition coefficient (Wildman–Crippen LogP) is 4.58. The van der Waals surface area contributed by atoms with Crippen molar-refractivity contribution in [2.24, 2.45) is 0 Å². The quantitative estimate of drug-likeness (QED) is 0.522. The lowest BCUT2D eigenvalue weighted by molar-refractivity contribution is -0.140. The molecule has 4 rings (SSSR count). The van der Waals surface area contributed by atoms with Gasteiger partial charge in [0.05, 0.1) is 23.7 Å². The summed E-state index contributed by atoms with van der Waals surface area (Å²) in [5.74, 6) is -0.561. The van der Waals surface area contributed by atoms with Crippen molar-refractivity contribution in [1.82, 2.24) is 19.7 Å².